The molecule has 3 rings (SSSR count). The van der Waals surface area contributed by atoms with Crippen molar-refractivity contribution in [2.75, 3.05) is 0 Å². The summed E-state index contributed by atoms with van der Waals surface area (Å²) in [5, 5.41) is 26.3. The predicted octanol–water partition coefficient (Wildman–Crippen LogP) is 4.27. The van der Waals surface area contributed by atoms with Crippen LogP contribution in [0.1, 0.15) is 34.6 Å². The minimum Gasteiger partial charge on any atom is -0.478 e. The zero-order chi connectivity index (χ0) is 20.3. The van der Waals surface area contributed by atoms with Gasteiger partial charge in [-0.25, -0.2) is 9.59 Å². The Morgan fingerprint density at radius 2 is 1.22 bits per heavy atom. The fourth-order valence-corrected chi connectivity index (χ4v) is 1.99. The molecule has 2 atom stereocenters. The Labute approximate surface area is 158 Å². The first-order valence-electron chi connectivity index (χ1n) is 8.39. The molecule has 1 aliphatic carbocycles. The molecule has 0 aliphatic heterocycles. The summed E-state index contributed by atoms with van der Waals surface area (Å²) in [5.41, 5.74) is 0.0318. The lowest BCUT2D eigenvalue weighted by atomic mass is 9.87. The van der Waals surface area contributed by atoms with Crippen LogP contribution in [0.4, 0.5) is 0 Å². The van der Waals surface area contributed by atoms with Gasteiger partial charge in [0.1, 0.15) is 0 Å². The number of benzene rings is 2. The molecule has 27 heavy (non-hydrogen) atoms. The van der Waals surface area contributed by atoms with Crippen LogP contribution >= 0.6 is 0 Å². The fourth-order valence-electron chi connectivity index (χ4n) is 1.99. The highest BCUT2D eigenvalue weighted by Crippen LogP contribution is 2.22. The van der Waals surface area contributed by atoms with Crippen molar-refractivity contribution in [2.24, 2.45) is 5.92 Å². The molecule has 0 amide bonds. The van der Waals surface area contributed by atoms with Crippen LogP contribution < -0.4 is 0 Å². The minimum atomic E-state index is -0.879. The minimum absolute atomic E-state index is 0.238. The summed E-state index contributed by atoms with van der Waals surface area (Å²) in [7, 11) is 0. The van der Waals surface area contributed by atoms with Crippen LogP contribution in [0.5, 0.6) is 0 Å². The summed E-state index contributed by atoms with van der Waals surface area (Å²) in [5.74, 6) is -1.52. The SMILES string of the molecule is CC1C=CC=CC1(C)O.O=C(O)c1ccccc1.O=C(O)c1ccccc1. The first kappa shape index (κ1) is 21.9. The molecule has 2 unspecified atom stereocenters. The summed E-state index contributed by atoms with van der Waals surface area (Å²) in [4.78, 5) is 20.4. The summed E-state index contributed by atoms with van der Waals surface area (Å²) in [6, 6.07) is 16.6. The molecular formula is C22H24O5. The standard InChI is InChI=1S/C8H12O.2C7H6O2/c1-7-5-3-4-6-8(7,2)9;2*8-7(9)6-4-2-1-3-5-6/h3-7,9H,1-2H3;2*1-5H,(H,8,9). The van der Waals surface area contributed by atoms with Crippen LogP contribution in [0.25, 0.3) is 0 Å². The normalized spacial score (nSPS) is 19.7. The lowest BCUT2D eigenvalue weighted by molar-refractivity contribution is 0.0686. The van der Waals surface area contributed by atoms with E-state index >= 15 is 0 Å². The lowest BCUT2D eigenvalue weighted by Crippen LogP contribution is -2.29. The maximum absolute atomic E-state index is 10.2. The van der Waals surface area contributed by atoms with E-state index in [1.165, 1.54) is 0 Å². The topological polar surface area (TPSA) is 94.8 Å². The van der Waals surface area contributed by atoms with E-state index in [4.69, 9.17) is 10.2 Å². The number of aliphatic hydroxyl groups is 1. The van der Waals surface area contributed by atoms with E-state index in [0.29, 0.717) is 11.1 Å². The van der Waals surface area contributed by atoms with Crippen molar-refractivity contribution in [3.63, 3.8) is 0 Å². The maximum Gasteiger partial charge on any atom is 0.335 e. The highest BCUT2D eigenvalue weighted by molar-refractivity contribution is 5.87. The van der Waals surface area contributed by atoms with Gasteiger partial charge < -0.3 is 15.3 Å². The lowest BCUT2D eigenvalue weighted by Gasteiger charge is -2.26. The smallest absolute Gasteiger partial charge is 0.335 e. The molecule has 5 heteroatoms. The van der Waals surface area contributed by atoms with E-state index in [0.717, 1.165) is 0 Å². The molecule has 1 aliphatic rings. The highest BCUT2D eigenvalue weighted by Gasteiger charge is 2.23. The molecule has 0 radical (unpaired) electrons. The quantitative estimate of drug-likeness (QED) is 0.736. The van der Waals surface area contributed by atoms with E-state index < -0.39 is 17.5 Å². The van der Waals surface area contributed by atoms with E-state index in [9.17, 15) is 14.7 Å². The summed E-state index contributed by atoms with van der Waals surface area (Å²) < 4.78 is 0. The van der Waals surface area contributed by atoms with Crippen LogP contribution in [0.3, 0.4) is 0 Å². The third-order valence-corrected chi connectivity index (χ3v) is 3.91. The van der Waals surface area contributed by atoms with Gasteiger partial charge in [0.2, 0.25) is 0 Å². The van der Waals surface area contributed by atoms with Gasteiger partial charge in [-0.1, -0.05) is 67.6 Å². The Morgan fingerprint density at radius 1 is 0.815 bits per heavy atom. The molecule has 5 nitrogen and oxygen atoms in total. The fraction of sp³-hybridized carbons (Fsp3) is 0.182. The van der Waals surface area contributed by atoms with Gasteiger partial charge >= 0.3 is 11.9 Å². The molecule has 0 saturated carbocycles. The zero-order valence-electron chi connectivity index (χ0n) is 15.3. The first-order chi connectivity index (χ1) is 12.7. The molecule has 3 N–H and O–H groups in total. The third kappa shape index (κ3) is 8.16. The van der Waals surface area contributed by atoms with Crippen molar-refractivity contribution in [3.8, 4) is 0 Å². The number of hydrogen-bond donors (Lipinski definition) is 3. The van der Waals surface area contributed by atoms with Crippen molar-refractivity contribution in [3.05, 3.63) is 96.1 Å². The second-order valence-electron chi connectivity index (χ2n) is 6.10. The van der Waals surface area contributed by atoms with E-state index in [-0.39, 0.29) is 5.92 Å². The Balaban J connectivity index is 0.000000202. The Hall–Kier alpha value is -3.18. The Morgan fingerprint density at radius 3 is 1.44 bits per heavy atom. The van der Waals surface area contributed by atoms with Crippen molar-refractivity contribution < 1.29 is 24.9 Å². The van der Waals surface area contributed by atoms with Crippen molar-refractivity contribution in [1.82, 2.24) is 0 Å². The highest BCUT2D eigenvalue weighted by atomic mass is 16.4. The monoisotopic (exact) mass is 368 g/mol. The molecule has 0 aromatic heterocycles. The molecule has 2 aromatic carbocycles. The van der Waals surface area contributed by atoms with Crippen LogP contribution in [-0.4, -0.2) is 32.9 Å². The molecule has 142 valence electrons. The average molecular weight is 368 g/mol. The molecule has 2 aromatic rings. The van der Waals surface area contributed by atoms with Crippen LogP contribution in [-0.2, 0) is 0 Å². The van der Waals surface area contributed by atoms with Gasteiger partial charge in [0.25, 0.3) is 0 Å². The van der Waals surface area contributed by atoms with E-state index in [1.807, 2.05) is 38.2 Å². The van der Waals surface area contributed by atoms with Gasteiger partial charge in [0, 0.05) is 5.92 Å². The zero-order valence-corrected chi connectivity index (χ0v) is 15.3. The predicted molar refractivity (Wildman–Crippen MR) is 105 cm³/mol. The van der Waals surface area contributed by atoms with Crippen LogP contribution in [0.2, 0.25) is 0 Å². The molecule has 0 bridgehead atoms. The molecule has 0 saturated heterocycles. The van der Waals surface area contributed by atoms with Gasteiger partial charge in [-0.2, -0.15) is 0 Å². The van der Waals surface area contributed by atoms with Crippen LogP contribution in [0, 0.1) is 5.92 Å². The molecular weight excluding hydrogens is 344 g/mol. The number of aromatic carboxylic acids is 2. The van der Waals surface area contributed by atoms with Gasteiger partial charge in [-0.15, -0.1) is 0 Å². The second kappa shape index (κ2) is 10.7. The summed E-state index contributed by atoms with van der Waals surface area (Å²) in [6.45, 7) is 3.82. The van der Waals surface area contributed by atoms with Crippen molar-refractivity contribution in [1.29, 1.82) is 0 Å². The molecule has 0 spiro atoms. The second-order valence-corrected chi connectivity index (χ2v) is 6.10. The number of carboxylic acid groups (broad SMARTS) is 2. The van der Waals surface area contributed by atoms with Crippen LogP contribution in [0.15, 0.2) is 85.0 Å². The van der Waals surface area contributed by atoms with Gasteiger partial charge in [0.15, 0.2) is 0 Å². The van der Waals surface area contributed by atoms with E-state index in [1.54, 1.807) is 60.7 Å². The molecule has 0 fully saturated rings. The summed E-state index contributed by atoms with van der Waals surface area (Å²) in [6.07, 6.45) is 7.65. The van der Waals surface area contributed by atoms with Gasteiger partial charge in [-0.05, 0) is 31.2 Å². The van der Waals surface area contributed by atoms with Crippen molar-refractivity contribution >= 4 is 11.9 Å². The first-order valence-corrected chi connectivity index (χ1v) is 8.39. The van der Waals surface area contributed by atoms with Gasteiger partial charge in [-0.3, -0.25) is 0 Å². The number of carbonyl (C=O) groups is 2. The number of hydrogen-bond acceptors (Lipinski definition) is 3. The number of rotatable bonds is 2. The molecule has 0 heterocycles. The van der Waals surface area contributed by atoms with E-state index in [2.05, 4.69) is 0 Å². The third-order valence-electron chi connectivity index (χ3n) is 3.91. The van der Waals surface area contributed by atoms with Crippen molar-refractivity contribution in [2.45, 2.75) is 19.4 Å². The number of allylic oxidation sites excluding steroid dienone is 2. The Bertz CT molecular complexity index is 727. The largest absolute Gasteiger partial charge is 0.478 e. The average Bonchev–Trinajstić information content (AvgIpc) is 2.66. The number of carboxylic acids is 2. The van der Waals surface area contributed by atoms with Gasteiger partial charge in [0.05, 0.1) is 16.7 Å². The summed E-state index contributed by atoms with van der Waals surface area (Å²) >= 11 is 0. The Kier molecular flexibility index (Phi) is 8.69. The maximum atomic E-state index is 10.2.